The van der Waals surface area contributed by atoms with E-state index in [1.807, 2.05) is 30.3 Å². The summed E-state index contributed by atoms with van der Waals surface area (Å²) in [6.07, 6.45) is 9.27. The highest BCUT2D eigenvalue weighted by molar-refractivity contribution is 5.88. The van der Waals surface area contributed by atoms with Gasteiger partial charge in [-0.3, -0.25) is 10.1 Å². The molecule has 3 N–H and O–H groups in total. The number of carbonyl (C=O) groups excluding carboxylic acids is 1. The van der Waals surface area contributed by atoms with Crippen molar-refractivity contribution in [1.82, 2.24) is 5.32 Å². The number of carbonyl (C=O) groups is 1. The standard InChI is InChI=1S/C28H39NO3/c1-18(30)28(29-25(32)19-7-5-4-6-8-19)16-13-24-22-10-9-20-17-21(31)11-14-26(20,2)23(22)12-15-27(24,28)3/h4-9,21-25,29,31-32H,10-17H2,1-3H3/t21-,22+,23-,24-,25?,26-,27-,28-/m0/s1. The predicted molar refractivity (Wildman–Crippen MR) is 126 cm³/mol. The second-order valence-corrected chi connectivity index (χ2v) is 11.6. The first-order chi connectivity index (χ1) is 15.2. The third-order valence-electron chi connectivity index (χ3n) is 10.4. The van der Waals surface area contributed by atoms with Gasteiger partial charge < -0.3 is 10.2 Å². The monoisotopic (exact) mass is 437 g/mol. The highest BCUT2D eigenvalue weighted by Crippen LogP contribution is 2.67. The molecule has 0 radical (unpaired) electrons. The minimum absolute atomic E-state index is 0.161. The summed E-state index contributed by atoms with van der Waals surface area (Å²) in [6.45, 7) is 6.47. The van der Waals surface area contributed by atoms with Crippen LogP contribution in [0.1, 0.15) is 83.9 Å². The van der Waals surface area contributed by atoms with Gasteiger partial charge in [-0.2, -0.15) is 0 Å². The van der Waals surface area contributed by atoms with E-state index in [0.717, 1.165) is 56.9 Å². The van der Waals surface area contributed by atoms with Gasteiger partial charge in [-0.1, -0.05) is 55.8 Å². The average Bonchev–Trinajstić information content (AvgIpc) is 3.08. The minimum Gasteiger partial charge on any atom is -0.393 e. The molecule has 0 aromatic heterocycles. The Morgan fingerprint density at radius 2 is 1.78 bits per heavy atom. The Morgan fingerprint density at radius 3 is 2.50 bits per heavy atom. The summed E-state index contributed by atoms with van der Waals surface area (Å²) < 4.78 is 0. The van der Waals surface area contributed by atoms with Crippen LogP contribution in [0.2, 0.25) is 0 Å². The van der Waals surface area contributed by atoms with Crippen LogP contribution >= 0.6 is 0 Å². The molecule has 0 saturated heterocycles. The lowest BCUT2D eigenvalue weighted by molar-refractivity contribution is -0.136. The highest BCUT2D eigenvalue weighted by atomic mass is 16.3. The van der Waals surface area contributed by atoms with E-state index in [1.165, 1.54) is 5.57 Å². The van der Waals surface area contributed by atoms with E-state index in [-0.39, 0.29) is 22.7 Å². The lowest BCUT2D eigenvalue weighted by Gasteiger charge is -2.59. The number of hydrogen-bond acceptors (Lipinski definition) is 4. The molecule has 1 unspecified atom stereocenters. The van der Waals surface area contributed by atoms with Crippen LogP contribution in [0.4, 0.5) is 0 Å². The Morgan fingerprint density at radius 1 is 1.06 bits per heavy atom. The summed E-state index contributed by atoms with van der Waals surface area (Å²) >= 11 is 0. The lowest BCUT2D eigenvalue weighted by Crippen LogP contribution is -2.63. The molecule has 0 bridgehead atoms. The third kappa shape index (κ3) is 3.09. The van der Waals surface area contributed by atoms with Crippen LogP contribution in [-0.2, 0) is 4.79 Å². The molecule has 0 spiro atoms. The topological polar surface area (TPSA) is 69.6 Å². The van der Waals surface area contributed by atoms with Crippen molar-refractivity contribution in [3.8, 4) is 0 Å². The van der Waals surface area contributed by atoms with E-state index in [9.17, 15) is 15.0 Å². The Labute approximate surface area is 192 Å². The summed E-state index contributed by atoms with van der Waals surface area (Å²) in [5, 5.41) is 24.8. The van der Waals surface area contributed by atoms with Gasteiger partial charge in [0.1, 0.15) is 12.0 Å². The van der Waals surface area contributed by atoms with Gasteiger partial charge in [0.05, 0.1) is 11.6 Å². The van der Waals surface area contributed by atoms with Gasteiger partial charge in [0.15, 0.2) is 0 Å². The molecule has 1 aromatic rings. The predicted octanol–water partition coefficient (Wildman–Crippen LogP) is 4.92. The van der Waals surface area contributed by atoms with Crippen molar-refractivity contribution in [2.45, 2.75) is 90.0 Å². The molecular weight excluding hydrogens is 398 g/mol. The molecule has 4 aliphatic carbocycles. The van der Waals surface area contributed by atoms with Crippen molar-refractivity contribution in [1.29, 1.82) is 0 Å². The second-order valence-electron chi connectivity index (χ2n) is 11.6. The van der Waals surface area contributed by atoms with Crippen molar-refractivity contribution < 1.29 is 15.0 Å². The van der Waals surface area contributed by atoms with Gasteiger partial charge in [0, 0.05) is 0 Å². The van der Waals surface area contributed by atoms with Crippen LogP contribution in [0.5, 0.6) is 0 Å². The second kappa shape index (κ2) is 7.78. The number of benzene rings is 1. The molecular formula is C28H39NO3. The first kappa shape index (κ1) is 22.3. The van der Waals surface area contributed by atoms with Gasteiger partial charge in [-0.15, -0.1) is 0 Å². The molecule has 4 nitrogen and oxygen atoms in total. The molecule has 5 rings (SSSR count). The summed E-state index contributed by atoms with van der Waals surface area (Å²) in [7, 11) is 0. The number of aliphatic hydroxyl groups is 2. The number of Topliss-reactive ketones (excluding diaryl/α,β-unsaturated/α-hetero) is 1. The van der Waals surface area contributed by atoms with E-state index < -0.39 is 11.8 Å². The first-order valence-corrected chi connectivity index (χ1v) is 12.6. The fourth-order valence-corrected chi connectivity index (χ4v) is 8.55. The molecule has 3 fully saturated rings. The SMILES string of the molecule is CC(=O)[C@@]1(NC(O)c2ccccc2)CC[C@H]2[C@@H]3CC=C4C[C@@H](O)CC[C@]4(C)[C@H]3CC[C@@]21C. The normalized spacial score (nSPS) is 44.1. The molecule has 174 valence electrons. The number of fused-ring (bicyclic) bond motifs is 5. The average molecular weight is 438 g/mol. The smallest absolute Gasteiger partial charge is 0.150 e. The maximum absolute atomic E-state index is 13.3. The van der Waals surface area contributed by atoms with Crippen LogP contribution in [-0.4, -0.2) is 27.6 Å². The Bertz CT molecular complexity index is 913. The largest absolute Gasteiger partial charge is 0.393 e. The number of nitrogens with one attached hydrogen (secondary N) is 1. The molecule has 3 saturated carbocycles. The van der Waals surface area contributed by atoms with Crippen molar-refractivity contribution in [2.75, 3.05) is 0 Å². The van der Waals surface area contributed by atoms with Gasteiger partial charge in [0.2, 0.25) is 0 Å². The van der Waals surface area contributed by atoms with Gasteiger partial charge in [-0.25, -0.2) is 0 Å². The zero-order chi connectivity index (χ0) is 22.7. The number of allylic oxidation sites excluding steroid dienone is 1. The Balaban J connectivity index is 1.46. The van der Waals surface area contributed by atoms with Crippen LogP contribution in [0.15, 0.2) is 42.0 Å². The van der Waals surface area contributed by atoms with Crippen molar-refractivity contribution >= 4 is 5.78 Å². The molecule has 0 heterocycles. The Hall–Kier alpha value is -1.49. The fourth-order valence-electron chi connectivity index (χ4n) is 8.55. The quantitative estimate of drug-likeness (QED) is 0.462. The lowest BCUT2D eigenvalue weighted by atomic mass is 9.46. The van der Waals surface area contributed by atoms with E-state index in [4.69, 9.17) is 0 Å². The molecule has 4 aliphatic rings. The first-order valence-electron chi connectivity index (χ1n) is 12.6. The van der Waals surface area contributed by atoms with Crippen LogP contribution < -0.4 is 5.32 Å². The van der Waals surface area contributed by atoms with Crippen molar-refractivity contribution in [2.24, 2.45) is 28.6 Å². The van der Waals surface area contributed by atoms with Gasteiger partial charge in [-0.05, 0) is 92.4 Å². The van der Waals surface area contributed by atoms with Gasteiger partial charge >= 0.3 is 0 Å². The highest BCUT2D eigenvalue weighted by Gasteiger charge is 2.65. The van der Waals surface area contributed by atoms with E-state index >= 15 is 0 Å². The summed E-state index contributed by atoms with van der Waals surface area (Å²) in [4.78, 5) is 13.3. The maximum Gasteiger partial charge on any atom is 0.150 e. The van der Waals surface area contributed by atoms with Gasteiger partial charge in [0.25, 0.3) is 0 Å². The number of rotatable bonds is 4. The summed E-state index contributed by atoms with van der Waals surface area (Å²) in [6, 6.07) is 9.64. The van der Waals surface area contributed by atoms with E-state index in [1.54, 1.807) is 6.92 Å². The number of ketones is 1. The molecule has 0 aliphatic heterocycles. The van der Waals surface area contributed by atoms with Crippen LogP contribution in [0.3, 0.4) is 0 Å². The molecule has 0 amide bonds. The maximum atomic E-state index is 13.3. The molecule has 8 atom stereocenters. The fraction of sp³-hybridized carbons (Fsp3) is 0.679. The Kier molecular flexibility index (Phi) is 5.43. The zero-order valence-electron chi connectivity index (χ0n) is 19.8. The zero-order valence-corrected chi connectivity index (χ0v) is 19.8. The third-order valence-corrected chi connectivity index (χ3v) is 10.4. The number of hydrogen-bond donors (Lipinski definition) is 3. The summed E-state index contributed by atoms with van der Waals surface area (Å²) in [5.41, 5.74) is 1.64. The van der Waals surface area contributed by atoms with E-state index in [2.05, 4.69) is 25.2 Å². The number of aliphatic hydroxyl groups excluding tert-OH is 2. The van der Waals surface area contributed by atoms with E-state index in [0.29, 0.717) is 17.8 Å². The van der Waals surface area contributed by atoms with Crippen molar-refractivity contribution in [3.05, 3.63) is 47.5 Å². The molecule has 4 heteroatoms. The van der Waals surface area contributed by atoms with Crippen molar-refractivity contribution in [3.63, 3.8) is 0 Å². The molecule has 32 heavy (non-hydrogen) atoms. The molecule has 1 aromatic carbocycles. The minimum atomic E-state index is -0.844. The van der Waals surface area contributed by atoms with Crippen LogP contribution in [0, 0.1) is 28.6 Å². The summed E-state index contributed by atoms with van der Waals surface area (Å²) in [5.74, 6) is 1.85. The van der Waals surface area contributed by atoms with Crippen LogP contribution in [0.25, 0.3) is 0 Å².